The highest BCUT2D eigenvalue weighted by atomic mass is 16.7. The molecule has 0 saturated heterocycles. The van der Waals surface area contributed by atoms with Gasteiger partial charge in [-0.2, -0.15) is 0 Å². The van der Waals surface area contributed by atoms with Crippen LogP contribution in [0.4, 0.5) is 0 Å². The molecule has 0 unspecified atom stereocenters. The number of nitrogens with two attached hydrogens (primary N) is 1. The van der Waals surface area contributed by atoms with Crippen molar-refractivity contribution in [2.45, 2.75) is 26.3 Å². The molecule has 0 bridgehead atoms. The fourth-order valence-corrected chi connectivity index (χ4v) is 3.08. The molecule has 2 N–H and O–H groups in total. The van der Waals surface area contributed by atoms with Crippen molar-refractivity contribution in [1.29, 1.82) is 0 Å². The molecule has 0 fully saturated rings. The predicted octanol–water partition coefficient (Wildman–Crippen LogP) is 3.48. The molecular weight excluding hydrogens is 302 g/mol. The van der Waals surface area contributed by atoms with Crippen LogP contribution >= 0.6 is 0 Å². The van der Waals surface area contributed by atoms with Gasteiger partial charge in [-0.15, -0.1) is 0 Å². The van der Waals surface area contributed by atoms with Crippen molar-refractivity contribution in [2.24, 2.45) is 5.73 Å². The monoisotopic (exact) mass is 323 g/mol. The predicted molar refractivity (Wildman–Crippen MR) is 94.3 cm³/mol. The van der Waals surface area contributed by atoms with Gasteiger partial charge < -0.3 is 19.8 Å². The molecule has 5 nitrogen and oxygen atoms in total. The Kier molecular flexibility index (Phi) is 3.86. The Labute approximate surface area is 141 Å². The third kappa shape index (κ3) is 2.61. The van der Waals surface area contributed by atoms with Crippen LogP contribution in [0.15, 0.2) is 36.4 Å². The minimum Gasteiger partial charge on any atom is -0.454 e. The molecule has 0 amide bonds. The van der Waals surface area contributed by atoms with Gasteiger partial charge in [-0.1, -0.05) is 29.8 Å². The van der Waals surface area contributed by atoms with Gasteiger partial charge in [0.2, 0.25) is 6.79 Å². The van der Waals surface area contributed by atoms with E-state index in [9.17, 15) is 0 Å². The largest absolute Gasteiger partial charge is 0.454 e. The molecule has 0 atom stereocenters. The van der Waals surface area contributed by atoms with E-state index in [4.69, 9.17) is 20.2 Å². The minimum atomic E-state index is 0.278. The Balaban J connectivity index is 1.84. The first-order chi connectivity index (χ1) is 11.8. The summed E-state index contributed by atoms with van der Waals surface area (Å²) < 4.78 is 13.3. The van der Waals surface area contributed by atoms with E-state index in [0.29, 0.717) is 6.54 Å². The fraction of sp³-hybridized carbons (Fsp3) is 0.316. The Hall–Kier alpha value is -2.53. The van der Waals surface area contributed by atoms with Crippen LogP contribution in [-0.4, -0.2) is 22.9 Å². The first-order valence-corrected chi connectivity index (χ1v) is 8.33. The summed E-state index contributed by atoms with van der Waals surface area (Å²) in [5, 5.41) is 0. The van der Waals surface area contributed by atoms with Gasteiger partial charge in [0.25, 0.3) is 0 Å². The number of ether oxygens (including phenoxy) is 2. The standard InChI is InChI=1S/C19H21N3O2/c1-13-4-6-14(7-5-13)19-21-15-10-17-18(24-12-23-17)11-16(15)22(19)9-3-2-8-20/h4-7,10-11H,2-3,8-9,12,20H2,1H3. The maximum atomic E-state index is 5.66. The van der Waals surface area contributed by atoms with Crippen LogP contribution in [0.2, 0.25) is 0 Å². The first-order valence-electron chi connectivity index (χ1n) is 8.33. The number of hydrogen-bond donors (Lipinski definition) is 1. The second-order valence-corrected chi connectivity index (χ2v) is 6.14. The summed E-state index contributed by atoms with van der Waals surface area (Å²) >= 11 is 0. The number of benzene rings is 2. The molecule has 0 aliphatic carbocycles. The van der Waals surface area contributed by atoms with Crippen molar-refractivity contribution in [3.8, 4) is 22.9 Å². The van der Waals surface area contributed by atoms with Gasteiger partial charge in [-0.3, -0.25) is 0 Å². The number of aromatic nitrogens is 2. The zero-order valence-corrected chi connectivity index (χ0v) is 13.8. The van der Waals surface area contributed by atoms with Crippen LogP contribution < -0.4 is 15.2 Å². The number of imidazole rings is 1. The third-order valence-electron chi connectivity index (χ3n) is 4.39. The molecule has 1 aliphatic rings. The van der Waals surface area contributed by atoms with Gasteiger partial charge in [0, 0.05) is 24.2 Å². The molecule has 5 heteroatoms. The molecule has 2 heterocycles. The normalized spacial score (nSPS) is 12.9. The lowest BCUT2D eigenvalue weighted by Gasteiger charge is -2.09. The third-order valence-corrected chi connectivity index (χ3v) is 4.39. The van der Waals surface area contributed by atoms with Gasteiger partial charge in [-0.25, -0.2) is 4.98 Å². The smallest absolute Gasteiger partial charge is 0.231 e. The molecular formula is C19H21N3O2. The highest BCUT2D eigenvalue weighted by Crippen LogP contribution is 2.37. The molecule has 3 aromatic rings. The summed E-state index contributed by atoms with van der Waals surface area (Å²) in [6.07, 6.45) is 2.02. The molecule has 1 aliphatic heterocycles. The van der Waals surface area contributed by atoms with Crippen LogP contribution in [0, 0.1) is 6.92 Å². The van der Waals surface area contributed by atoms with E-state index in [1.54, 1.807) is 0 Å². The molecule has 0 radical (unpaired) electrons. The molecule has 0 saturated carbocycles. The summed E-state index contributed by atoms with van der Waals surface area (Å²) in [5.41, 5.74) is 10.0. The zero-order valence-electron chi connectivity index (χ0n) is 13.8. The number of hydrogen-bond acceptors (Lipinski definition) is 4. The van der Waals surface area contributed by atoms with Gasteiger partial charge >= 0.3 is 0 Å². The molecule has 24 heavy (non-hydrogen) atoms. The summed E-state index contributed by atoms with van der Waals surface area (Å²) in [6, 6.07) is 12.5. The van der Waals surface area contributed by atoms with Crippen molar-refractivity contribution in [2.75, 3.05) is 13.3 Å². The highest BCUT2D eigenvalue weighted by Gasteiger charge is 2.19. The van der Waals surface area contributed by atoms with E-state index >= 15 is 0 Å². The van der Waals surface area contributed by atoms with Crippen LogP contribution in [0.3, 0.4) is 0 Å². The number of unbranched alkanes of at least 4 members (excludes halogenated alkanes) is 1. The molecule has 1 aromatic heterocycles. The maximum absolute atomic E-state index is 5.66. The van der Waals surface area contributed by atoms with Gasteiger partial charge in [0.05, 0.1) is 11.0 Å². The van der Waals surface area contributed by atoms with E-state index in [2.05, 4.69) is 35.8 Å². The number of fused-ring (bicyclic) bond motifs is 2. The Morgan fingerprint density at radius 3 is 2.58 bits per heavy atom. The van der Waals surface area contributed by atoms with Gasteiger partial charge in [-0.05, 0) is 26.3 Å². The van der Waals surface area contributed by atoms with Gasteiger partial charge in [0.15, 0.2) is 11.5 Å². The maximum Gasteiger partial charge on any atom is 0.231 e. The Morgan fingerprint density at radius 1 is 1.08 bits per heavy atom. The highest BCUT2D eigenvalue weighted by molar-refractivity contribution is 5.84. The lowest BCUT2D eigenvalue weighted by atomic mass is 10.1. The van der Waals surface area contributed by atoms with Crippen LogP contribution in [0.1, 0.15) is 18.4 Å². The van der Waals surface area contributed by atoms with Crippen molar-refractivity contribution in [3.63, 3.8) is 0 Å². The van der Waals surface area contributed by atoms with Crippen LogP contribution in [0.25, 0.3) is 22.4 Å². The number of rotatable bonds is 5. The van der Waals surface area contributed by atoms with Crippen LogP contribution in [-0.2, 0) is 6.54 Å². The van der Waals surface area contributed by atoms with E-state index in [1.165, 1.54) is 5.56 Å². The van der Waals surface area contributed by atoms with Crippen molar-refractivity contribution < 1.29 is 9.47 Å². The van der Waals surface area contributed by atoms with E-state index in [0.717, 1.165) is 53.3 Å². The fourth-order valence-electron chi connectivity index (χ4n) is 3.08. The number of aryl methyl sites for hydroxylation is 2. The molecule has 2 aromatic carbocycles. The summed E-state index contributed by atoms with van der Waals surface area (Å²) in [7, 11) is 0. The number of nitrogens with zero attached hydrogens (tertiary/aromatic N) is 2. The second-order valence-electron chi connectivity index (χ2n) is 6.14. The topological polar surface area (TPSA) is 62.3 Å². The van der Waals surface area contributed by atoms with E-state index in [-0.39, 0.29) is 6.79 Å². The van der Waals surface area contributed by atoms with Crippen molar-refractivity contribution >= 4 is 11.0 Å². The SMILES string of the molecule is Cc1ccc(-c2nc3cc4c(cc3n2CCCCN)OCO4)cc1. The minimum absolute atomic E-state index is 0.278. The Morgan fingerprint density at radius 2 is 1.83 bits per heavy atom. The molecule has 0 spiro atoms. The lowest BCUT2D eigenvalue weighted by Crippen LogP contribution is -2.04. The van der Waals surface area contributed by atoms with Gasteiger partial charge in [0.1, 0.15) is 5.82 Å². The summed E-state index contributed by atoms with van der Waals surface area (Å²) in [5.74, 6) is 2.54. The van der Waals surface area contributed by atoms with Crippen molar-refractivity contribution in [1.82, 2.24) is 9.55 Å². The second kappa shape index (κ2) is 6.17. The van der Waals surface area contributed by atoms with Crippen LogP contribution in [0.5, 0.6) is 11.5 Å². The van der Waals surface area contributed by atoms with E-state index in [1.807, 2.05) is 12.1 Å². The average Bonchev–Trinajstić information content (AvgIpc) is 3.18. The van der Waals surface area contributed by atoms with Crippen molar-refractivity contribution in [3.05, 3.63) is 42.0 Å². The average molecular weight is 323 g/mol. The Bertz CT molecular complexity index is 868. The lowest BCUT2D eigenvalue weighted by molar-refractivity contribution is 0.174. The summed E-state index contributed by atoms with van der Waals surface area (Å²) in [4.78, 5) is 4.86. The molecule has 4 rings (SSSR count). The summed E-state index contributed by atoms with van der Waals surface area (Å²) in [6.45, 7) is 3.96. The molecule has 124 valence electrons. The van der Waals surface area contributed by atoms with E-state index < -0.39 is 0 Å². The first kappa shape index (κ1) is 15.0. The quantitative estimate of drug-likeness (QED) is 0.730. The zero-order chi connectivity index (χ0) is 16.5.